The van der Waals surface area contributed by atoms with E-state index in [2.05, 4.69) is 62.1 Å². The molecule has 2 aliphatic heterocycles. The molecule has 4 aliphatic carbocycles. The molecule has 510 valence electrons. The fraction of sp³-hybridized carbons (Fsp3) is 0.775. The number of hydrogen-bond donors (Lipinski definition) is 4. The molecule has 4 N–H and O–H groups in total. The topological polar surface area (TPSA) is 278 Å². The Kier molecular flexibility index (Phi) is 25.2. The van der Waals surface area contributed by atoms with E-state index in [1.54, 1.807) is 49.6 Å². The monoisotopic (exact) mass is 1270 g/mol. The van der Waals surface area contributed by atoms with E-state index in [-0.39, 0.29) is 134 Å². The number of hydrogen-bond acceptors (Lipinski definition) is 14. The molecule has 6 fully saturated rings. The van der Waals surface area contributed by atoms with Crippen LogP contribution in [0.25, 0.3) is 0 Å². The number of nitrogens with zero attached hydrogens (tertiary/aromatic N) is 2. The van der Waals surface area contributed by atoms with Crippen LogP contribution in [0.3, 0.4) is 0 Å². The van der Waals surface area contributed by atoms with E-state index in [0.29, 0.717) is 44.2 Å². The van der Waals surface area contributed by atoms with Crippen molar-refractivity contribution in [2.45, 2.75) is 262 Å². The van der Waals surface area contributed by atoms with Crippen molar-refractivity contribution in [2.75, 3.05) is 19.7 Å². The molecular weight excluding hydrogens is 1160 g/mol. The van der Waals surface area contributed by atoms with Crippen molar-refractivity contribution < 1.29 is 67.0 Å². The zero-order chi connectivity index (χ0) is 68.7. The second kappa shape index (κ2) is 30.3. The van der Waals surface area contributed by atoms with Gasteiger partial charge >= 0.3 is 24.0 Å². The lowest BCUT2D eigenvalue weighted by Crippen LogP contribution is -2.60. The Morgan fingerprint density at radius 3 is 1.37 bits per heavy atom. The molecule has 5 unspecified atom stereocenters. The number of fused-ring (bicyclic) bond motifs is 4. The third kappa shape index (κ3) is 20.0. The predicted octanol–water partition coefficient (Wildman–Crippen LogP) is 9.96. The number of carbonyl (C=O) groups excluding carboxylic acids is 12. The van der Waals surface area contributed by atoms with Crippen LogP contribution in [0.5, 0.6) is 0 Å². The van der Waals surface area contributed by atoms with Crippen LogP contribution in [0.1, 0.15) is 220 Å². The molecule has 0 aromatic rings. The number of ether oxygens (including phenoxy) is 2. The van der Waals surface area contributed by atoms with Crippen LogP contribution in [0.15, 0.2) is 25.3 Å². The van der Waals surface area contributed by atoms with E-state index >= 15 is 0 Å². The Hall–Kier alpha value is -6.08. The molecule has 6 rings (SSSR count). The van der Waals surface area contributed by atoms with Crippen LogP contribution in [0.2, 0.25) is 0 Å². The molecule has 0 spiro atoms. The van der Waals surface area contributed by atoms with Gasteiger partial charge < -0.3 is 40.5 Å². The van der Waals surface area contributed by atoms with Crippen LogP contribution in [-0.2, 0) is 57.4 Å². The van der Waals surface area contributed by atoms with Gasteiger partial charge in [0.05, 0.1) is 18.7 Å². The Morgan fingerprint density at radius 2 is 1.01 bits per heavy atom. The standard InChI is InChI=1S/C36H55N3O7.C35H57N3O7/c1-8-10-12-23(31(43)26(40)13-11-14-28(42)46-9-2)19-27(41)30-29-24(36(29,6)7)20-39(30)33(44)32(35(3,4)5)38-34(45)37-25-18-21-15-16-22(25)17-21;1-13-14-16-21(28(42)23(39)17-15-18-25(41)45-34(8,9)10)19-24(40)27-26-22(35(26,11)12)20-38(27)30(43)29(32(2,3)4)36-31(44)37-33(5,6)7/h8,21-25,29-30,32H,1,9-20H2,2-7H3,(H2,37,38,45);13,21-22,26-27,29H,1,14-20H2,2-12H3,(H2,36,37,44)/t21?,22?,23?,24-,25?,29-,30+,32+;21?,22-,26-,27+,29+/m00/s1. The second-order valence-corrected chi connectivity index (χ2v) is 32.3. The first-order chi connectivity index (χ1) is 42.0. The van der Waals surface area contributed by atoms with E-state index in [9.17, 15) is 57.5 Å². The van der Waals surface area contributed by atoms with Crippen molar-refractivity contribution in [3.8, 4) is 0 Å². The van der Waals surface area contributed by atoms with Crippen LogP contribution in [0.4, 0.5) is 9.59 Å². The third-order valence-corrected chi connectivity index (χ3v) is 19.9. The summed E-state index contributed by atoms with van der Waals surface area (Å²) < 4.78 is 10.2. The lowest BCUT2D eigenvalue weighted by molar-refractivity contribution is -0.155. The minimum Gasteiger partial charge on any atom is -0.466 e. The highest BCUT2D eigenvalue weighted by Gasteiger charge is 2.71. The quantitative estimate of drug-likeness (QED) is 0.0296. The lowest BCUT2D eigenvalue weighted by Gasteiger charge is -2.38. The summed E-state index contributed by atoms with van der Waals surface area (Å²) in [4.78, 5) is 162. The molecule has 0 aromatic carbocycles. The van der Waals surface area contributed by atoms with Gasteiger partial charge in [-0.25, -0.2) is 9.59 Å². The molecule has 13 atom stereocenters. The van der Waals surface area contributed by atoms with E-state index in [1.807, 2.05) is 62.3 Å². The Labute approximate surface area is 542 Å². The molecule has 0 radical (unpaired) electrons. The minimum atomic E-state index is -0.888. The lowest BCUT2D eigenvalue weighted by atomic mass is 9.83. The Morgan fingerprint density at radius 1 is 0.582 bits per heavy atom. The zero-order valence-electron chi connectivity index (χ0n) is 58.1. The smallest absolute Gasteiger partial charge is 0.315 e. The summed E-state index contributed by atoms with van der Waals surface area (Å²) in [6.07, 6.45) is 9.17. The van der Waals surface area contributed by atoms with Crippen molar-refractivity contribution in [2.24, 2.45) is 69.0 Å². The van der Waals surface area contributed by atoms with Gasteiger partial charge in [0.2, 0.25) is 23.4 Å². The van der Waals surface area contributed by atoms with Gasteiger partial charge in [0.15, 0.2) is 23.1 Å². The largest absolute Gasteiger partial charge is 0.466 e. The highest BCUT2D eigenvalue weighted by molar-refractivity contribution is 6.38. The number of rotatable bonds is 30. The maximum absolute atomic E-state index is 14.3. The van der Waals surface area contributed by atoms with E-state index in [1.165, 1.54) is 6.42 Å². The van der Waals surface area contributed by atoms with Crippen molar-refractivity contribution in [1.82, 2.24) is 31.1 Å². The number of nitrogens with one attached hydrogen (secondary N) is 4. The molecule has 2 saturated heterocycles. The number of amides is 6. The molecule has 6 amide bonds. The Balaban J connectivity index is 0.000000331. The van der Waals surface area contributed by atoms with Gasteiger partial charge in [0.25, 0.3) is 0 Å². The van der Waals surface area contributed by atoms with Gasteiger partial charge in [0, 0.05) is 75.0 Å². The van der Waals surface area contributed by atoms with E-state index in [0.717, 1.165) is 19.3 Å². The molecule has 4 saturated carbocycles. The first kappa shape index (κ1) is 75.6. The summed E-state index contributed by atoms with van der Waals surface area (Å²) in [6.45, 7) is 40.7. The minimum absolute atomic E-state index is 0.0145. The van der Waals surface area contributed by atoms with E-state index < -0.39 is 99.1 Å². The first-order valence-corrected chi connectivity index (χ1v) is 33.6. The molecule has 91 heavy (non-hydrogen) atoms. The van der Waals surface area contributed by atoms with Gasteiger partial charge in [-0.1, -0.05) is 87.8 Å². The van der Waals surface area contributed by atoms with Gasteiger partial charge in [-0.3, -0.25) is 47.9 Å². The fourth-order valence-electron chi connectivity index (χ4n) is 14.8. The average Bonchev–Trinajstić information content (AvgIpc) is 1.54. The molecule has 20 heteroatoms. The SMILES string of the molecule is C=CCCC(CC(=O)[C@@H]1[C@@H]2[C@H](CN1C(=O)[C@@H](NC(=O)NC(C)(C)C)C(C)(C)C)C2(C)C)C(=O)C(=O)CCCC(=O)OC(C)(C)C.C=CCCC(CC(=O)[C@@H]1[C@@H]2[C@H](CN1C(=O)[C@@H](NC(=O)NC1CC3CCC1C3)C(C)(C)C)C2(C)C)C(=O)C(=O)CCCC(=O)OCC. The van der Waals surface area contributed by atoms with Crippen molar-refractivity contribution in [3.63, 3.8) is 0 Å². The molecule has 6 aliphatic rings. The van der Waals surface area contributed by atoms with Crippen LogP contribution < -0.4 is 21.3 Å². The Bertz CT molecular complexity index is 2760. The zero-order valence-corrected chi connectivity index (χ0v) is 58.1. The van der Waals surface area contributed by atoms with Crippen LogP contribution in [-0.4, -0.2) is 141 Å². The summed E-state index contributed by atoms with van der Waals surface area (Å²) in [5, 5.41) is 11.8. The maximum Gasteiger partial charge on any atom is 0.315 e. The highest BCUT2D eigenvalue weighted by atomic mass is 16.6. The number of esters is 2. The summed E-state index contributed by atoms with van der Waals surface area (Å²) in [5.74, 6) is -4.81. The summed E-state index contributed by atoms with van der Waals surface area (Å²) >= 11 is 0. The molecule has 2 bridgehead atoms. The van der Waals surface area contributed by atoms with Crippen molar-refractivity contribution in [3.05, 3.63) is 25.3 Å². The predicted molar refractivity (Wildman–Crippen MR) is 347 cm³/mol. The number of likely N-dealkylation sites (tertiary alicyclic amines) is 2. The van der Waals surface area contributed by atoms with Gasteiger partial charge in [-0.15, -0.1) is 13.2 Å². The second-order valence-electron chi connectivity index (χ2n) is 32.3. The highest BCUT2D eigenvalue weighted by Crippen LogP contribution is 2.66. The van der Waals surface area contributed by atoms with Gasteiger partial charge in [-0.05, 0) is 163 Å². The number of allylic oxidation sites excluding steroid dienone is 2. The van der Waals surface area contributed by atoms with Crippen molar-refractivity contribution >= 4 is 70.5 Å². The summed E-state index contributed by atoms with van der Waals surface area (Å²) in [6, 6.07) is -3.91. The van der Waals surface area contributed by atoms with Gasteiger partial charge in [0.1, 0.15) is 17.7 Å². The normalized spacial score (nSPS) is 25.3. The van der Waals surface area contributed by atoms with Crippen LogP contribution in [0, 0.1) is 69.0 Å². The molecule has 20 nitrogen and oxygen atoms in total. The fourth-order valence-corrected chi connectivity index (χ4v) is 14.8. The number of urea groups is 2. The van der Waals surface area contributed by atoms with Crippen LogP contribution >= 0.6 is 0 Å². The number of Topliss-reactive ketones (excluding diaryl/α,β-unsaturated/α-hetero) is 6. The number of piperidine rings is 2. The molecular formula is C71H112N6O14. The number of carbonyl (C=O) groups is 12. The van der Waals surface area contributed by atoms with E-state index in [4.69, 9.17) is 9.47 Å². The van der Waals surface area contributed by atoms with Gasteiger partial charge in [-0.2, -0.15) is 0 Å². The number of ketones is 6. The maximum atomic E-state index is 14.3. The first-order valence-electron chi connectivity index (χ1n) is 33.6. The molecule has 0 aromatic heterocycles. The molecule has 2 heterocycles. The summed E-state index contributed by atoms with van der Waals surface area (Å²) in [5.41, 5.74) is -2.69. The van der Waals surface area contributed by atoms with Crippen molar-refractivity contribution in [1.29, 1.82) is 0 Å². The summed E-state index contributed by atoms with van der Waals surface area (Å²) in [7, 11) is 0. The average molecular weight is 1270 g/mol. The third-order valence-electron chi connectivity index (χ3n) is 19.9.